The molecule has 22 heavy (non-hydrogen) atoms. The molecule has 2 atom stereocenters. The summed E-state index contributed by atoms with van der Waals surface area (Å²) in [7, 11) is -2.13. The van der Waals surface area contributed by atoms with E-state index in [1.807, 2.05) is 6.92 Å². The summed E-state index contributed by atoms with van der Waals surface area (Å²) in [6.07, 6.45) is -0.722. The molecule has 0 aliphatic heterocycles. The number of carbonyl (C=O) groups excluding carboxylic acids is 2. The Balaban J connectivity index is 4.85. The molecule has 0 heterocycles. The maximum absolute atomic E-state index is 12.4. The van der Waals surface area contributed by atoms with Gasteiger partial charge in [-0.1, -0.05) is 46.4 Å². The average Bonchev–Trinajstić information content (AvgIpc) is 2.40. The summed E-state index contributed by atoms with van der Waals surface area (Å²) in [5.41, 5.74) is 0. The first-order chi connectivity index (χ1) is 10.3. The molecule has 0 fully saturated rings. The quantitative estimate of drug-likeness (QED) is 0.411. The van der Waals surface area contributed by atoms with Gasteiger partial charge in [0.05, 0.1) is 13.4 Å². The molecule has 0 saturated carbocycles. The molecule has 4 nitrogen and oxygen atoms in total. The highest BCUT2D eigenvalue weighted by Gasteiger charge is 2.40. The lowest BCUT2D eigenvalue weighted by Gasteiger charge is -2.40. The number of carbonyl (C=O) groups is 2. The molecule has 0 aliphatic carbocycles. The van der Waals surface area contributed by atoms with E-state index in [1.54, 1.807) is 6.92 Å². The first-order valence-corrected chi connectivity index (χ1v) is 11.8. The van der Waals surface area contributed by atoms with E-state index in [4.69, 9.17) is 5.80 Å². The van der Waals surface area contributed by atoms with Crippen LogP contribution in [0.1, 0.15) is 49.3 Å². The van der Waals surface area contributed by atoms with Crippen LogP contribution in [0, 0.1) is 5.92 Å². The Morgan fingerprint density at radius 3 is 2.32 bits per heavy atom. The second-order valence-electron chi connectivity index (χ2n) is 7.05. The van der Waals surface area contributed by atoms with E-state index in [1.165, 1.54) is 6.92 Å². The van der Waals surface area contributed by atoms with Gasteiger partial charge in [0.1, 0.15) is 0 Å². The zero-order valence-electron chi connectivity index (χ0n) is 16.3. The topological polar surface area (TPSA) is 55.4 Å². The Kier molecular flexibility index (Phi) is 8.14. The van der Waals surface area contributed by atoms with Gasteiger partial charge in [-0.2, -0.15) is 0 Å². The maximum Gasteiger partial charge on any atom is 0.216 e. The molecule has 0 aromatic rings. The molecular weight excluding hydrogens is 316 g/mol. The van der Waals surface area contributed by atoms with Gasteiger partial charge in [0.2, 0.25) is 5.91 Å². The largest absolute Gasteiger partial charge is 0.413 e. The SMILES string of the molecule is [2H][13C@](CC)(O[Si](C)(C)C(C)(C)C)[13C@H](C)C(=O)SCCNC(C)=O. The minimum Gasteiger partial charge on any atom is -0.413 e. The van der Waals surface area contributed by atoms with Crippen LogP contribution in [0.3, 0.4) is 0 Å². The molecule has 0 aliphatic rings. The predicted octanol–water partition coefficient (Wildman–Crippen LogP) is 3.82. The van der Waals surface area contributed by atoms with E-state index in [9.17, 15) is 9.59 Å². The van der Waals surface area contributed by atoms with E-state index in [0.29, 0.717) is 18.7 Å². The molecule has 1 amide bonds. The van der Waals surface area contributed by atoms with Crippen LogP contribution in [0.25, 0.3) is 0 Å². The molecule has 0 saturated heterocycles. The smallest absolute Gasteiger partial charge is 0.216 e. The van der Waals surface area contributed by atoms with Crippen LogP contribution in [-0.4, -0.2) is 37.7 Å². The monoisotopic (exact) mass is 350 g/mol. The highest BCUT2D eigenvalue weighted by molar-refractivity contribution is 8.13. The van der Waals surface area contributed by atoms with Crippen LogP contribution in [-0.2, 0) is 14.0 Å². The van der Waals surface area contributed by atoms with E-state index >= 15 is 0 Å². The third kappa shape index (κ3) is 7.29. The Morgan fingerprint density at radius 2 is 1.91 bits per heavy atom. The minimum absolute atomic E-state index is 0.00418. The van der Waals surface area contributed by atoms with Crippen molar-refractivity contribution in [1.29, 1.82) is 0 Å². The zero-order chi connectivity index (χ0) is 18.5. The molecule has 6 heteroatoms. The first-order valence-electron chi connectivity index (χ1n) is 8.38. The van der Waals surface area contributed by atoms with Crippen LogP contribution in [0.15, 0.2) is 0 Å². The number of nitrogens with one attached hydrogen (secondary N) is 1. The summed E-state index contributed by atoms with van der Waals surface area (Å²) in [6.45, 7) is 16.2. The van der Waals surface area contributed by atoms with E-state index in [-0.39, 0.29) is 16.1 Å². The van der Waals surface area contributed by atoms with Crippen LogP contribution in [0.4, 0.5) is 0 Å². The molecule has 0 rings (SSSR count). The van der Waals surface area contributed by atoms with Crippen molar-refractivity contribution in [2.24, 2.45) is 5.92 Å². The fourth-order valence-electron chi connectivity index (χ4n) is 1.58. The molecule has 0 aromatic heterocycles. The second-order valence-corrected chi connectivity index (χ2v) is 12.9. The summed E-state index contributed by atoms with van der Waals surface area (Å²) >= 11 is 1.16. The molecule has 0 spiro atoms. The number of thioether (sulfide) groups is 1. The van der Waals surface area contributed by atoms with E-state index in [0.717, 1.165) is 11.8 Å². The van der Waals surface area contributed by atoms with Gasteiger partial charge in [0.15, 0.2) is 13.4 Å². The molecular formula is C16H33NO3SSi. The van der Waals surface area contributed by atoms with Crippen LogP contribution >= 0.6 is 11.8 Å². The lowest BCUT2D eigenvalue weighted by Crippen LogP contribution is -2.46. The van der Waals surface area contributed by atoms with Crippen molar-refractivity contribution in [2.75, 3.05) is 12.3 Å². The van der Waals surface area contributed by atoms with E-state index < -0.39 is 20.3 Å². The zero-order valence-corrected chi connectivity index (χ0v) is 17.1. The van der Waals surface area contributed by atoms with Crippen molar-refractivity contribution in [3.63, 3.8) is 0 Å². The molecule has 0 unspecified atom stereocenters. The fraction of sp³-hybridized carbons (Fsp3) is 0.875. The van der Waals surface area contributed by atoms with Gasteiger partial charge in [0.25, 0.3) is 0 Å². The molecule has 0 radical (unpaired) electrons. The van der Waals surface area contributed by atoms with Crippen LogP contribution in [0.5, 0.6) is 0 Å². The Hall–Kier alpha value is -0.333. The fourth-order valence-corrected chi connectivity index (χ4v) is 3.65. The average molecular weight is 351 g/mol. The third-order valence-corrected chi connectivity index (χ3v) is 9.53. The Labute approximate surface area is 142 Å². The molecule has 0 bridgehead atoms. The van der Waals surface area contributed by atoms with Gasteiger partial charge in [-0.05, 0) is 24.6 Å². The minimum atomic E-state index is -2.13. The van der Waals surface area contributed by atoms with Gasteiger partial charge in [-0.25, -0.2) is 0 Å². The van der Waals surface area contributed by atoms with Crippen molar-refractivity contribution >= 4 is 31.1 Å². The van der Waals surface area contributed by atoms with Crippen molar-refractivity contribution in [2.45, 2.75) is 72.2 Å². The predicted molar refractivity (Wildman–Crippen MR) is 97.7 cm³/mol. The van der Waals surface area contributed by atoms with Crippen LogP contribution < -0.4 is 5.32 Å². The van der Waals surface area contributed by atoms with Crippen molar-refractivity contribution in [3.8, 4) is 0 Å². The highest BCUT2D eigenvalue weighted by atomic mass is 32.2. The van der Waals surface area contributed by atoms with Gasteiger partial charge < -0.3 is 9.74 Å². The van der Waals surface area contributed by atoms with Gasteiger partial charge in [0, 0.05) is 19.2 Å². The third-order valence-electron chi connectivity index (χ3n) is 4.10. The van der Waals surface area contributed by atoms with Crippen LogP contribution in [0.2, 0.25) is 18.1 Å². The molecule has 130 valence electrons. The number of amides is 1. The summed E-state index contributed by atoms with van der Waals surface area (Å²) in [6, 6.07) is 0. The number of rotatable bonds is 8. The van der Waals surface area contributed by atoms with E-state index in [2.05, 4.69) is 39.2 Å². The maximum atomic E-state index is 12.4. The Bertz CT molecular complexity index is 426. The number of hydrogen-bond acceptors (Lipinski definition) is 4. The highest BCUT2D eigenvalue weighted by Crippen LogP contribution is 2.38. The van der Waals surface area contributed by atoms with Gasteiger partial charge in [-0.15, -0.1) is 0 Å². The normalized spacial score (nSPS) is 17.4. The molecule has 1 N–H and O–H groups in total. The summed E-state index contributed by atoms with van der Waals surface area (Å²) in [4.78, 5) is 23.2. The summed E-state index contributed by atoms with van der Waals surface area (Å²) in [5, 5.41) is 2.61. The number of hydrogen-bond donors (Lipinski definition) is 1. The lowest BCUT2D eigenvalue weighted by atomic mass is 10.2. The van der Waals surface area contributed by atoms with Crippen molar-refractivity contribution < 1.29 is 15.4 Å². The van der Waals surface area contributed by atoms with Gasteiger partial charge in [-0.3, -0.25) is 9.59 Å². The van der Waals surface area contributed by atoms with Gasteiger partial charge >= 0.3 is 0 Å². The Morgan fingerprint density at radius 1 is 1.36 bits per heavy atom. The second kappa shape index (κ2) is 9.08. The summed E-state index contributed by atoms with van der Waals surface area (Å²) in [5.74, 6) is -0.0949. The first kappa shape index (κ1) is 19.7. The molecule has 0 aromatic carbocycles. The standard InChI is InChI=1S/C16H33NO3SSi/c1-9-14(20-22(7,8)16(4,5)6)12(2)15(19)21-11-10-17-13(3)18/h12,14H,9-11H2,1-8H3,(H,17,18)/t12-,14+/m0/s1/i12+1,14+1D. The summed E-state index contributed by atoms with van der Waals surface area (Å²) < 4.78 is 15.0. The lowest BCUT2D eigenvalue weighted by molar-refractivity contribution is -0.119. The van der Waals surface area contributed by atoms with Crippen molar-refractivity contribution in [1.82, 2.24) is 5.32 Å². The van der Waals surface area contributed by atoms with Crippen molar-refractivity contribution in [3.05, 3.63) is 0 Å².